The number of methoxy groups -OCH3 is 2. The summed E-state index contributed by atoms with van der Waals surface area (Å²) in [5, 5.41) is 7.00. The minimum Gasteiger partial charge on any atom is -0.497 e. The van der Waals surface area contributed by atoms with E-state index in [1.165, 1.54) is 17.9 Å². The molecule has 3 aromatic rings. The molecule has 1 fully saturated rings. The highest BCUT2D eigenvalue weighted by Gasteiger charge is 2.19. The fraction of sp³-hybridized carbons (Fsp3) is 0.429. The van der Waals surface area contributed by atoms with E-state index in [2.05, 4.69) is 27.2 Å². The molecule has 0 saturated carbocycles. The number of hydrogen-bond donors (Lipinski definition) is 1. The zero-order chi connectivity index (χ0) is 22.0. The highest BCUT2D eigenvalue weighted by molar-refractivity contribution is 5.92. The van der Waals surface area contributed by atoms with Gasteiger partial charge in [0.2, 0.25) is 5.91 Å². The highest BCUT2D eigenvalue weighted by Crippen LogP contribution is 2.29. The van der Waals surface area contributed by atoms with Crippen LogP contribution in [0.15, 0.2) is 35.3 Å². The van der Waals surface area contributed by atoms with Crippen molar-refractivity contribution in [1.29, 1.82) is 0 Å². The second-order valence-corrected chi connectivity index (χ2v) is 7.70. The molecule has 1 atom stereocenters. The Morgan fingerprint density at radius 1 is 1.26 bits per heavy atom. The van der Waals surface area contributed by atoms with Gasteiger partial charge in [-0.25, -0.2) is 13.9 Å². The molecule has 0 bridgehead atoms. The Kier molecular flexibility index (Phi) is 5.79. The van der Waals surface area contributed by atoms with Gasteiger partial charge in [-0.05, 0) is 37.0 Å². The molecule has 31 heavy (non-hydrogen) atoms. The van der Waals surface area contributed by atoms with Gasteiger partial charge in [0.1, 0.15) is 23.9 Å². The molecule has 1 aromatic carbocycles. The number of anilines is 2. The van der Waals surface area contributed by atoms with E-state index in [0.29, 0.717) is 23.1 Å². The summed E-state index contributed by atoms with van der Waals surface area (Å²) in [7, 11) is 3.05. The summed E-state index contributed by atoms with van der Waals surface area (Å²) in [4.78, 5) is 32.0. The normalized spacial score (nSPS) is 16.4. The number of fused-ring (bicyclic) bond motifs is 1. The van der Waals surface area contributed by atoms with Crippen LogP contribution in [0, 0.1) is 5.92 Å². The monoisotopic (exact) mass is 426 g/mol. The fourth-order valence-electron chi connectivity index (χ4n) is 3.80. The van der Waals surface area contributed by atoms with Crippen LogP contribution < -0.4 is 25.4 Å². The average Bonchev–Trinajstić information content (AvgIpc) is 3.08. The minimum absolute atomic E-state index is 0.243. The first-order valence-corrected chi connectivity index (χ1v) is 10.2. The summed E-state index contributed by atoms with van der Waals surface area (Å²) < 4.78 is 12.9. The lowest BCUT2D eigenvalue weighted by atomic mass is 10.0. The number of nitrogens with one attached hydrogen (secondary N) is 1. The molecule has 10 nitrogen and oxygen atoms in total. The van der Waals surface area contributed by atoms with Crippen LogP contribution in [0.25, 0.3) is 5.78 Å². The Labute approximate surface area is 179 Å². The van der Waals surface area contributed by atoms with Crippen molar-refractivity contribution in [2.24, 2.45) is 5.92 Å². The van der Waals surface area contributed by atoms with Gasteiger partial charge in [0.15, 0.2) is 0 Å². The first-order chi connectivity index (χ1) is 15.0. The Bertz CT molecular complexity index is 1150. The van der Waals surface area contributed by atoms with Gasteiger partial charge >= 0.3 is 5.69 Å². The molecule has 0 radical (unpaired) electrons. The van der Waals surface area contributed by atoms with Crippen LogP contribution in [-0.4, -0.2) is 52.4 Å². The molecule has 1 aliphatic rings. The van der Waals surface area contributed by atoms with Crippen molar-refractivity contribution < 1.29 is 14.3 Å². The van der Waals surface area contributed by atoms with Gasteiger partial charge in [0.25, 0.3) is 5.78 Å². The molecule has 10 heteroatoms. The van der Waals surface area contributed by atoms with Crippen LogP contribution in [0.2, 0.25) is 0 Å². The number of amides is 1. The van der Waals surface area contributed by atoms with Crippen LogP contribution in [0.5, 0.6) is 11.5 Å². The summed E-state index contributed by atoms with van der Waals surface area (Å²) in [6.45, 7) is 3.85. The predicted octanol–water partition coefficient (Wildman–Crippen LogP) is 1.78. The SMILES string of the molecule is COc1ccc(NC(=O)Cn2nc3nc(N4CCCC(C)C4)ccn3c2=O)c(OC)c1. The molecule has 1 unspecified atom stereocenters. The number of piperidine rings is 1. The lowest BCUT2D eigenvalue weighted by Gasteiger charge is -2.31. The second kappa shape index (κ2) is 8.66. The van der Waals surface area contributed by atoms with Gasteiger partial charge in [-0.1, -0.05) is 6.92 Å². The molecule has 164 valence electrons. The minimum atomic E-state index is -0.419. The van der Waals surface area contributed by atoms with Gasteiger partial charge in [-0.3, -0.25) is 4.79 Å². The van der Waals surface area contributed by atoms with Crippen LogP contribution in [-0.2, 0) is 11.3 Å². The summed E-state index contributed by atoms with van der Waals surface area (Å²) in [5.41, 5.74) is 0.0580. The Morgan fingerprint density at radius 3 is 2.84 bits per heavy atom. The van der Waals surface area contributed by atoms with E-state index in [9.17, 15) is 9.59 Å². The van der Waals surface area contributed by atoms with E-state index in [-0.39, 0.29) is 12.3 Å². The molecular weight excluding hydrogens is 400 g/mol. The molecule has 0 spiro atoms. The van der Waals surface area contributed by atoms with Gasteiger partial charge in [-0.15, -0.1) is 5.10 Å². The number of ether oxygens (including phenoxy) is 2. The summed E-state index contributed by atoms with van der Waals surface area (Å²) in [6.07, 6.45) is 3.98. The molecule has 3 heterocycles. The molecule has 1 N–H and O–H groups in total. The number of rotatable bonds is 6. The van der Waals surface area contributed by atoms with Crippen molar-refractivity contribution in [3.8, 4) is 11.5 Å². The van der Waals surface area contributed by atoms with Crippen LogP contribution in [0.1, 0.15) is 19.8 Å². The van der Waals surface area contributed by atoms with Gasteiger partial charge < -0.3 is 19.7 Å². The van der Waals surface area contributed by atoms with Crippen LogP contribution in [0.3, 0.4) is 0 Å². The van der Waals surface area contributed by atoms with Gasteiger partial charge in [-0.2, -0.15) is 4.98 Å². The maximum Gasteiger partial charge on any atom is 0.352 e. The third-order valence-corrected chi connectivity index (χ3v) is 5.40. The van der Waals surface area contributed by atoms with E-state index in [0.717, 1.165) is 30.0 Å². The van der Waals surface area contributed by atoms with Crippen molar-refractivity contribution >= 4 is 23.2 Å². The number of benzene rings is 1. The molecule has 1 saturated heterocycles. The molecule has 2 aromatic heterocycles. The van der Waals surface area contributed by atoms with Crippen molar-refractivity contribution in [3.05, 3.63) is 40.9 Å². The Morgan fingerprint density at radius 2 is 2.10 bits per heavy atom. The number of carbonyl (C=O) groups is 1. The number of nitrogens with zero attached hydrogens (tertiary/aromatic N) is 5. The quantitative estimate of drug-likeness (QED) is 0.641. The lowest BCUT2D eigenvalue weighted by molar-refractivity contribution is -0.117. The van der Waals surface area contributed by atoms with E-state index in [1.54, 1.807) is 31.5 Å². The zero-order valence-electron chi connectivity index (χ0n) is 17.9. The second-order valence-electron chi connectivity index (χ2n) is 7.70. The van der Waals surface area contributed by atoms with E-state index >= 15 is 0 Å². The van der Waals surface area contributed by atoms with Crippen molar-refractivity contribution in [1.82, 2.24) is 19.2 Å². The van der Waals surface area contributed by atoms with Crippen molar-refractivity contribution in [3.63, 3.8) is 0 Å². The van der Waals surface area contributed by atoms with Gasteiger partial charge in [0, 0.05) is 25.4 Å². The van der Waals surface area contributed by atoms with E-state index in [1.807, 2.05) is 6.07 Å². The van der Waals surface area contributed by atoms with Crippen LogP contribution >= 0.6 is 0 Å². The van der Waals surface area contributed by atoms with Crippen molar-refractivity contribution in [2.45, 2.75) is 26.3 Å². The third-order valence-electron chi connectivity index (χ3n) is 5.40. The smallest absolute Gasteiger partial charge is 0.352 e. The molecule has 1 amide bonds. The topological polar surface area (TPSA) is 103 Å². The number of carbonyl (C=O) groups excluding carboxylic acids is 1. The third kappa shape index (κ3) is 4.32. The van der Waals surface area contributed by atoms with E-state index in [4.69, 9.17) is 9.47 Å². The van der Waals surface area contributed by atoms with Crippen molar-refractivity contribution in [2.75, 3.05) is 37.5 Å². The lowest BCUT2D eigenvalue weighted by Crippen LogP contribution is -2.35. The molecular formula is C21H26N6O4. The standard InChI is InChI=1S/C21H26N6O4/c1-14-5-4-9-25(12-14)18-8-10-26-20(23-18)24-27(21(26)29)13-19(28)22-16-7-6-15(30-2)11-17(16)31-3/h6-8,10-11,14H,4-5,9,12-13H2,1-3H3,(H,22,28). The Balaban J connectivity index is 1.52. The highest BCUT2D eigenvalue weighted by atomic mass is 16.5. The fourth-order valence-corrected chi connectivity index (χ4v) is 3.80. The maximum absolute atomic E-state index is 12.7. The number of aromatic nitrogens is 4. The maximum atomic E-state index is 12.7. The largest absolute Gasteiger partial charge is 0.497 e. The first kappa shape index (κ1) is 20.7. The van der Waals surface area contributed by atoms with Crippen LogP contribution in [0.4, 0.5) is 11.5 Å². The van der Waals surface area contributed by atoms with Gasteiger partial charge in [0.05, 0.1) is 19.9 Å². The van der Waals surface area contributed by atoms with E-state index < -0.39 is 11.6 Å². The average molecular weight is 426 g/mol. The number of hydrogen-bond acceptors (Lipinski definition) is 7. The zero-order valence-corrected chi connectivity index (χ0v) is 17.9. The molecule has 1 aliphatic heterocycles. The summed E-state index contributed by atoms with van der Waals surface area (Å²) >= 11 is 0. The summed E-state index contributed by atoms with van der Waals surface area (Å²) in [5.74, 6) is 2.33. The predicted molar refractivity (Wildman–Crippen MR) is 116 cm³/mol. The summed E-state index contributed by atoms with van der Waals surface area (Å²) in [6, 6.07) is 6.87. The Hall–Kier alpha value is -3.56. The molecule has 4 rings (SSSR count). The molecule has 0 aliphatic carbocycles. The first-order valence-electron chi connectivity index (χ1n) is 10.2.